The van der Waals surface area contributed by atoms with Crippen LogP contribution in [0.15, 0.2) is 67.1 Å². The predicted octanol–water partition coefficient (Wildman–Crippen LogP) is 3.78. The topological polar surface area (TPSA) is 162 Å². The first kappa shape index (κ1) is 36.0. The zero-order valence-electron chi connectivity index (χ0n) is 27.4. The first-order valence-corrected chi connectivity index (χ1v) is 14.9. The number of nitrogens with zero attached hydrogens (tertiary/aromatic N) is 2. The Kier molecular flexibility index (Phi) is 12.7. The highest BCUT2D eigenvalue weighted by atomic mass is 16.6. The molecular formula is C33H45N5O8. The molecule has 0 saturated carbocycles. The van der Waals surface area contributed by atoms with Crippen LogP contribution in [-0.4, -0.2) is 76.4 Å². The van der Waals surface area contributed by atoms with E-state index in [4.69, 9.17) is 18.9 Å². The highest BCUT2D eigenvalue weighted by Crippen LogP contribution is 2.29. The lowest BCUT2D eigenvalue weighted by Gasteiger charge is -2.35. The zero-order valence-corrected chi connectivity index (χ0v) is 27.4. The molecule has 3 rings (SSSR count). The summed E-state index contributed by atoms with van der Waals surface area (Å²) in [7, 11) is 1.51. The molecule has 0 fully saturated rings. The second kappa shape index (κ2) is 16.2. The predicted molar refractivity (Wildman–Crippen MR) is 171 cm³/mol. The molecule has 3 aromatic rings. The first-order chi connectivity index (χ1) is 21.7. The van der Waals surface area contributed by atoms with Crippen molar-refractivity contribution in [2.24, 2.45) is 0 Å². The van der Waals surface area contributed by atoms with Crippen molar-refractivity contribution < 1.29 is 38.4 Å². The Morgan fingerprint density at radius 1 is 1.00 bits per heavy atom. The second-order valence-electron chi connectivity index (χ2n) is 12.1. The third-order valence-corrected chi connectivity index (χ3v) is 6.67. The molecule has 46 heavy (non-hydrogen) atoms. The van der Waals surface area contributed by atoms with E-state index >= 15 is 0 Å². The van der Waals surface area contributed by atoms with E-state index in [9.17, 15) is 19.5 Å². The van der Waals surface area contributed by atoms with Gasteiger partial charge in [0.25, 0.3) is 0 Å². The van der Waals surface area contributed by atoms with Crippen molar-refractivity contribution in [2.45, 2.75) is 77.6 Å². The molecule has 13 nitrogen and oxygen atoms in total. The monoisotopic (exact) mass is 639 g/mol. The summed E-state index contributed by atoms with van der Waals surface area (Å²) in [6.45, 7) is 10.3. The third kappa shape index (κ3) is 10.6. The highest BCUT2D eigenvalue weighted by Gasteiger charge is 2.35. The molecule has 1 aromatic heterocycles. The van der Waals surface area contributed by atoms with Gasteiger partial charge in [0.2, 0.25) is 5.91 Å². The van der Waals surface area contributed by atoms with Crippen LogP contribution in [0.3, 0.4) is 0 Å². The smallest absolute Gasteiger partial charge is 0.408 e. The van der Waals surface area contributed by atoms with Crippen LogP contribution in [0.1, 0.15) is 58.7 Å². The number of aromatic nitrogens is 2. The number of hydrogen-bond acceptors (Lipinski definition) is 10. The third-order valence-electron chi connectivity index (χ3n) is 6.67. The summed E-state index contributed by atoms with van der Waals surface area (Å²) in [4.78, 5) is 43.3. The van der Waals surface area contributed by atoms with Crippen LogP contribution in [0.4, 0.5) is 10.6 Å². The molecule has 4 N–H and O–H groups in total. The maximum absolute atomic E-state index is 13.6. The summed E-state index contributed by atoms with van der Waals surface area (Å²) >= 11 is 0. The van der Waals surface area contributed by atoms with Gasteiger partial charge in [0.05, 0.1) is 38.8 Å². The van der Waals surface area contributed by atoms with Crippen LogP contribution in [0.2, 0.25) is 0 Å². The van der Waals surface area contributed by atoms with E-state index in [1.165, 1.54) is 24.2 Å². The average Bonchev–Trinajstić information content (AvgIpc) is 3.43. The molecule has 1 heterocycles. The van der Waals surface area contributed by atoms with Crippen LogP contribution >= 0.6 is 0 Å². The lowest BCUT2D eigenvalue weighted by molar-refractivity contribution is -0.145. The van der Waals surface area contributed by atoms with Crippen LogP contribution in [0.25, 0.3) is 0 Å². The van der Waals surface area contributed by atoms with Crippen molar-refractivity contribution in [1.29, 1.82) is 0 Å². The molecule has 0 bridgehead atoms. The fourth-order valence-corrected chi connectivity index (χ4v) is 4.38. The first-order valence-electron chi connectivity index (χ1n) is 14.9. The Morgan fingerprint density at radius 3 is 2.33 bits per heavy atom. The van der Waals surface area contributed by atoms with Gasteiger partial charge in [-0.2, -0.15) is 0 Å². The number of aliphatic hydroxyl groups is 1. The number of aliphatic hydroxyl groups excluding tert-OH is 1. The van der Waals surface area contributed by atoms with Crippen molar-refractivity contribution in [3.63, 3.8) is 0 Å². The van der Waals surface area contributed by atoms with Crippen LogP contribution in [0.5, 0.6) is 5.75 Å². The Balaban J connectivity index is 1.80. The van der Waals surface area contributed by atoms with Crippen molar-refractivity contribution in [1.82, 2.24) is 20.2 Å². The molecule has 0 aliphatic heterocycles. The van der Waals surface area contributed by atoms with E-state index in [2.05, 4.69) is 20.9 Å². The van der Waals surface area contributed by atoms with Gasteiger partial charge in [-0.15, -0.1) is 0 Å². The molecule has 250 valence electrons. The largest absolute Gasteiger partial charge is 0.496 e. The number of hydrogen-bond donors (Lipinski definition) is 4. The molecule has 2 aromatic carbocycles. The number of para-hydroxylation sites is 1. The molecule has 0 radical (unpaired) electrons. The van der Waals surface area contributed by atoms with E-state index in [1.807, 2.05) is 30.3 Å². The Hall–Kier alpha value is -4.46. The van der Waals surface area contributed by atoms with Gasteiger partial charge >= 0.3 is 12.1 Å². The lowest BCUT2D eigenvalue weighted by atomic mass is 10.0. The average molecular weight is 640 g/mol. The molecule has 3 unspecified atom stereocenters. The number of imidazole rings is 1. The van der Waals surface area contributed by atoms with Gasteiger partial charge in [0.1, 0.15) is 23.6 Å². The minimum atomic E-state index is -1.40. The fraction of sp³-hybridized carbons (Fsp3) is 0.455. The SMILES string of the molecule is CCOC(=O)C(c1ccccc1OC)n1cnc(NC(=O)C(COCc2ccccc2)NC(O)C(C)(C)NC(=O)OC(C)(C)C)c1. The molecule has 0 aliphatic rings. The van der Waals surface area contributed by atoms with Gasteiger partial charge in [0.15, 0.2) is 11.9 Å². The summed E-state index contributed by atoms with van der Waals surface area (Å²) < 4.78 is 23.5. The van der Waals surface area contributed by atoms with E-state index in [0.29, 0.717) is 11.3 Å². The summed E-state index contributed by atoms with van der Waals surface area (Å²) in [5, 5.41) is 19.3. The van der Waals surface area contributed by atoms with E-state index < -0.39 is 47.4 Å². The zero-order chi connectivity index (χ0) is 33.9. The van der Waals surface area contributed by atoms with Crippen molar-refractivity contribution >= 4 is 23.8 Å². The number of ether oxygens (including phenoxy) is 4. The summed E-state index contributed by atoms with van der Waals surface area (Å²) in [6.07, 6.45) is 0.780. The van der Waals surface area contributed by atoms with Gasteiger partial charge < -0.3 is 39.3 Å². The maximum Gasteiger partial charge on any atom is 0.408 e. The normalized spacial score (nSPS) is 13.7. The van der Waals surface area contributed by atoms with Crippen LogP contribution in [-0.2, 0) is 30.4 Å². The number of esters is 1. The molecule has 13 heteroatoms. The Labute approximate surface area is 269 Å². The Bertz CT molecular complexity index is 1440. The van der Waals surface area contributed by atoms with E-state index in [1.54, 1.807) is 65.8 Å². The van der Waals surface area contributed by atoms with Crippen molar-refractivity contribution in [2.75, 3.05) is 25.6 Å². The van der Waals surface area contributed by atoms with Gasteiger partial charge in [-0.05, 0) is 53.2 Å². The van der Waals surface area contributed by atoms with Gasteiger partial charge in [-0.3, -0.25) is 10.1 Å². The molecule has 0 saturated heterocycles. The minimum absolute atomic E-state index is 0.131. The standard InChI is InChI=1S/C33H45N5O8/c1-8-45-29(40)27(23-16-12-13-17-25(23)43-7)38-18-26(34-21-38)36-28(39)24(20-44-19-22-14-10-9-11-15-22)35-30(41)33(5,6)37-31(42)46-32(2,3)4/h9-18,21,24,27,30,35,41H,8,19-20H2,1-7H3,(H,36,39)(H,37,42). The van der Waals surface area contributed by atoms with Crippen molar-refractivity contribution in [3.05, 3.63) is 78.2 Å². The number of carbonyl (C=O) groups is 3. The molecule has 0 spiro atoms. The number of methoxy groups -OCH3 is 1. The van der Waals surface area contributed by atoms with E-state index in [-0.39, 0.29) is 25.6 Å². The molecule has 0 aliphatic carbocycles. The highest BCUT2D eigenvalue weighted by molar-refractivity contribution is 5.94. The Morgan fingerprint density at radius 2 is 1.67 bits per heavy atom. The lowest BCUT2D eigenvalue weighted by Crippen LogP contribution is -2.62. The van der Waals surface area contributed by atoms with Crippen LogP contribution < -0.4 is 20.7 Å². The van der Waals surface area contributed by atoms with E-state index in [0.717, 1.165) is 5.56 Å². The minimum Gasteiger partial charge on any atom is -0.496 e. The second-order valence-corrected chi connectivity index (χ2v) is 12.1. The van der Waals surface area contributed by atoms with Crippen molar-refractivity contribution in [3.8, 4) is 5.75 Å². The fourth-order valence-electron chi connectivity index (χ4n) is 4.38. The number of rotatable bonds is 15. The number of anilines is 1. The molecule has 2 amide bonds. The van der Waals surface area contributed by atoms with Crippen LogP contribution in [0, 0.1) is 0 Å². The molecular weight excluding hydrogens is 594 g/mol. The summed E-state index contributed by atoms with van der Waals surface area (Å²) in [5.41, 5.74) is -0.540. The number of alkyl carbamates (subject to hydrolysis) is 1. The maximum atomic E-state index is 13.6. The quantitative estimate of drug-likeness (QED) is 0.142. The number of amides is 2. The molecule has 3 atom stereocenters. The van der Waals surface area contributed by atoms with Gasteiger partial charge in [-0.25, -0.2) is 14.6 Å². The number of nitrogens with one attached hydrogen (secondary N) is 3. The number of benzene rings is 2. The number of carbonyl (C=O) groups excluding carboxylic acids is 3. The summed E-state index contributed by atoms with van der Waals surface area (Å²) in [6, 6.07) is 14.4. The van der Waals surface area contributed by atoms with Gasteiger partial charge in [-0.1, -0.05) is 48.5 Å². The van der Waals surface area contributed by atoms with Gasteiger partial charge in [0, 0.05) is 11.8 Å². The summed E-state index contributed by atoms with van der Waals surface area (Å²) in [5.74, 6) is -0.477.